The summed E-state index contributed by atoms with van der Waals surface area (Å²) < 4.78 is 2.30. The van der Waals surface area contributed by atoms with Crippen molar-refractivity contribution in [2.75, 3.05) is 25.0 Å². The smallest absolute Gasteiger partial charge is 0.203 e. The van der Waals surface area contributed by atoms with E-state index >= 15 is 0 Å². The monoisotopic (exact) mass is 264 g/mol. The van der Waals surface area contributed by atoms with Gasteiger partial charge in [0.05, 0.1) is 5.69 Å². The molecule has 1 aromatic rings. The van der Waals surface area contributed by atoms with Crippen LogP contribution in [0, 0.1) is 6.92 Å². The summed E-state index contributed by atoms with van der Waals surface area (Å²) in [4.78, 5) is 7.18. The third kappa shape index (κ3) is 3.96. The molecule has 4 nitrogen and oxygen atoms in total. The predicted molar refractivity (Wildman–Crippen MR) is 80.7 cm³/mol. The lowest BCUT2D eigenvalue weighted by molar-refractivity contribution is 0.202. The number of likely N-dealkylation sites (tertiary alicyclic amines) is 1. The fraction of sp³-hybridized carbons (Fsp3) is 0.800. The maximum Gasteiger partial charge on any atom is 0.203 e. The van der Waals surface area contributed by atoms with Crippen LogP contribution in [0.4, 0.5) is 5.95 Å². The number of nitrogens with zero attached hydrogens (tertiary/aromatic N) is 3. The molecule has 1 aliphatic heterocycles. The van der Waals surface area contributed by atoms with Gasteiger partial charge in [0.15, 0.2) is 0 Å². The number of rotatable bonds is 5. The van der Waals surface area contributed by atoms with Gasteiger partial charge in [-0.1, -0.05) is 6.42 Å². The molecule has 4 heteroatoms. The van der Waals surface area contributed by atoms with E-state index in [1.807, 2.05) is 0 Å². The number of piperidine rings is 1. The molecule has 2 rings (SSSR count). The molecule has 0 radical (unpaired) electrons. The molecule has 0 amide bonds. The second kappa shape index (κ2) is 6.42. The Labute approximate surface area is 117 Å². The summed E-state index contributed by atoms with van der Waals surface area (Å²) in [7, 11) is 0. The first kappa shape index (κ1) is 14.4. The van der Waals surface area contributed by atoms with Gasteiger partial charge in [0.2, 0.25) is 5.95 Å². The Morgan fingerprint density at radius 1 is 1.21 bits per heavy atom. The minimum Gasteiger partial charge on any atom is -0.353 e. The Kier molecular flexibility index (Phi) is 4.86. The highest BCUT2D eigenvalue weighted by molar-refractivity contribution is 5.30. The van der Waals surface area contributed by atoms with Crippen molar-refractivity contribution in [1.82, 2.24) is 14.5 Å². The summed E-state index contributed by atoms with van der Waals surface area (Å²) in [6.07, 6.45) is 6.27. The summed E-state index contributed by atoms with van der Waals surface area (Å²) in [5.41, 5.74) is 1.09. The van der Waals surface area contributed by atoms with Gasteiger partial charge in [0.1, 0.15) is 0 Å². The van der Waals surface area contributed by atoms with Crippen molar-refractivity contribution in [1.29, 1.82) is 0 Å². The Balaban J connectivity index is 2.02. The van der Waals surface area contributed by atoms with Crippen molar-refractivity contribution in [3.8, 4) is 0 Å². The zero-order chi connectivity index (χ0) is 13.8. The Morgan fingerprint density at radius 2 is 1.89 bits per heavy atom. The first-order valence-electron chi connectivity index (χ1n) is 7.60. The van der Waals surface area contributed by atoms with Crippen LogP contribution in [-0.4, -0.2) is 40.1 Å². The largest absolute Gasteiger partial charge is 0.353 e. The second-order valence-electron chi connectivity index (χ2n) is 6.12. The van der Waals surface area contributed by atoms with E-state index in [0.29, 0.717) is 12.1 Å². The van der Waals surface area contributed by atoms with Gasteiger partial charge in [0.25, 0.3) is 0 Å². The van der Waals surface area contributed by atoms with Crippen LogP contribution in [0.5, 0.6) is 0 Å². The summed E-state index contributed by atoms with van der Waals surface area (Å²) in [5, 5.41) is 3.45. The van der Waals surface area contributed by atoms with Gasteiger partial charge >= 0.3 is 0 Å². The van der Waals surface area contributed by atoms with Crippen molar-refractivity contribution < 1.29 is 0 Å². The van der Waals surface area contributed by atoms with E-state index in [2.05, 4.69) is 53.7 Å². The maximum absolute atomic E-state index is 4.60. The number of aromatic nitrogens is 2. The van der Waals surface area contributed by atoms with Gasteiger partial charge in [-0.3, -0.25) is 0 Å². The molecule has 0 aliphatic carbocycles. The zero-order valence-electron chi connectivity index (χ0n) is 12.8. The molecule has 0 bridgehead atoms. The van der Waals surface area contributed by atoms with Crippen LogP contribution in [0.1, 0.15) is 51.8 Å². The van der Waals surface area contributed by atoms with Crippen molar-refractivity contribution in [2.24, 2.45) is 0 Å². The fourth-order valence-corrected chi connectivity index (χ4v) is 2.82. The fourth-order valence-electron chi connectivity index (χ4n) is 2.82. The van der Waals surface area contributed by atoms with Crippen molar-refractivity contribution in [2.45, 2.75) is 59.0 Å². The van der Waals surface area contributed by atoms with Gasteiger partial charge in [-0.2, -0.15) is 0 Å². The van der Waals surface area contributed by atoms with E-state index < -0.39 is 0 Å². The SMILES string of the molecule is Cc1cn(C(C)CN2CCCCC2)c(NC(C)C)n1. The van der Waals surface area contributed by atoms with Crippen LogP contribution in [-0.2, 0) is 0 Å². The Morgan fingerprint density at radius 3 is 2.53 bits per heavy atom. The lowest BCUT2D eigenvalue weighted by Gasteiger charge is -2.30. The van der Waals surface area contributed by atoms with Gasteiger partial charge < -0.3 is 14.8 Å². The summed E-state index contributed by atoms with van der Waals surface area (Å²) in [6, 6.07) is 0.892. The highest BCUT2D eigenvalue weighted by Crippen LogP contribution is 2.19. The number of hydrogen-bond donors (Lipinski definition) is 1. The van der Waals surface area contributed by atoms with E-state index in [0.717, 1.165) is 18.2 Å². The molecule has 1 unspecified atom stereocenters. The molecule has 108 valence electrons. The van der Waals surface area contributed by atoms with E-state index in [1.54, 1.807) is 0 Å². The summed E-state index contributed by atoms with van der Waals surface area (Å²) >= 11 is 0. The quantitative estimate of drug-likeness (QED) is 0.887. The number of anilines is 1. The lowest BCUT2D eigenvalue weighted by atomic mass is 10.1. The van der Waals surface area contributed by atoms with E-state index in [4.69, 9.17) is 0 Å². The van der Waals surface area contributed by atoms with Crippen LogP contribution in [0.2, 0.25) is 0 Å². The van der Waals surface area contributed by atoms with Crippen molar-refractivity contribution >= 4 is 5.95 Å². The van der Waals surface area contributed by atoms with Crippen LogP contribution < -0.4 is 5.32 Å². The molecule has 0 spiro atoms. The summed E-state index contributed by atoms with van der Waals surface area (Å²) in [5.74, 6) is 1.01. The number of imidazole rings is 1. The normalized spacial score (nSPS) is 18.8. The van der Waals surface area contributed by atoms with Crippen LogP contribution in [0.25, 0.3) is 0 Å². The van der Waals surface area contributed by atoms with Crippen molar-refractivity contribution in [3.63, 3.8) is 0 Å². The number of hydrogen-bond acceptors (Lipinski definition) is 3. The first-order valence-corrected chi connectivity index (χ1v) is 7.60. The molecule has 2 heterocycles. The summed E-state index contributed by atoms with van der Waals surface area (Å²) in [6.45, 7) is 12.3. The average molecular weight is 264 g/mol. The minimum atomic E-state index is 0.419. The second-order valence-corrected chi connectivity index (χ2v) is 6.12. The van der Waals surface area contributed by atoms with E-state index in [1.165, 1.54) is 32.4 Å². The minimum absolute atomic E-state index is 0.419. The first-order chi connectivity index (χ1) is 9.06. The zero-order valence-corrected chi connectivity index (χ0v) is 12.8. The number of nitrogens with one attached hydrogen (secondary N) is 1. The van der Waals surface area contributed by atoms with Gasteiger partial charge in [-0.05, 0) is 53.6 Å². The lowest BCUT2D eigenvalue weighted by Crippen LogP contribution is -2.34. The molecule has 1 aromatic heterocycles. The van der Waals surface area contributed by atoms with Crippen LogP contribution in [0.3, 0.4) is 0 Å². The molecule has 1 N–H and O–H groups in total. The molecule has 0 saturated carbocycles. The molecule has 1 fully saturated rings. The maximum atomic E-state index is 4.60. The third-order valence-corrected chi connectivity index (χ3v) is 3.72. The molecule has 1 saturated heterocycles. The van der Waals surface area contributed by atoms with Gasteiger partial charge in [0, 0.05) is 24.8 Å². The van der Waals surface area contributed by atoms with E-state index in [9.17, 15) is 0 Å². The van der Waals surface area contributed by atoms with Crippen LogP contribution in [0.15, 0.2) is 6.20 Å². The Bertz CT molecular complexity index is 391. The molecular formula is C15H28N4. The highest BCUT2D eigenvalue weighted by Gasteiger charge is 2.17. The van der Waals surface area contributed by atoms with Gasteiger partial charge in [-0.15, -0.1) is 0 Å². The predicted octanol–water partition coefficient (Wildman–Crippen LogP) is 3.06. The molecular weight excluding hydrogens is 236 g/mol. The molecule has 19 heavy (non-hydrogen) atoms. The Hall–Kier alpha value is -1.03. The van der Waals surface area contributed by atoms with E-state index in [-0.39, 0.29) is 0 Å². The highest BCUT2D eigenvalue weighted by atomic mass is 15.2. The van der Waals surface area contributed by atoms with Crippen LogP contribution >= 0.6 is 0 Å². The third-order valence-electron chi connectivity index (χ3n) is 3.72. The average Bonchev–Trinajstić information content (AvgIpc) is 2.70. The van der Waals surface area contributed by atoms with Crippen molar-refractivity contribution in [3.05, 3.63) is 11.9 Å². The molecule has 0 aromatic carbocycles. The molecule has 1 aliphatic rings. The topological polar surface area (TPSA) is 33.1 Å². The standard InChI is InChI=1S/C15H28N4/c1-12(2)16-15-17-13(3)10-19(15)14(4)11-18-8-6-5-7-9-18/h10,12,14H,5-9,11H2,1-4H3,(H,16,17). The molecule has 1 atom stereocenters. The number of aryl methyl sites for hydroxylation is 1. The van der Waals surface area contributed by atoms with Gasteiger partial charge in [-0.25, -0.2) is 4.98 Å².